The van der Waals surface area contributed by atoms with Gasteiger partial charge >= 0.3 is 7.82 Å². The predicted molar refractivity (Wildman–Crippen MR) is 401 cm³/mol. The van der Waals surface area contributed by atoms with Crippen LogP contribution in [0.4, 0.5) is 0 Å². The van der Waals surface area contributed by atoms with Gasteiger partial charge in [-0.15, -0.1) is 0 Å². The summed E-state index contributed by atoms with van der Waals surface area (Å²) in [4.78, 5) is 23.5. The molecule has 0 spiro atoms. The molecule has 8 nitrogen and oxygen atoms in total. The molecule has 532 valence electrons. The van der Waals surface area contributed by atoms with E-state index in [1.807, 2.05) is 27.2 Å². The zero-order chi connectivity index (χ0) is 66.2. The van der Waals surface area contributed by atoms with E-state index in [-0.39, 0.29) is 19.1 Å². The molecule has 0 saturated carbocycles. The van der Waals surface area contributed by atoms with Gasteiger partial charge in [-0.3, -0.25) is 13.8 Å². The highest BCUT2D eigenvalue weighted by Crippen LogP contribution is 2.43. The van der Waals surface area contributed by atoms with Crippen LogP contribution in [0.15, 0.2) is 85.1 Å². The average molecular weight is 1300 g/mol. The number of nitrogens with zero attached hydrogens (tertiary/aromatic N) is 1. The second-order valence-electron chi connectivity index (χ2n) is 28.0. The van der Waals surface area contributed by atoms with Crippen molar-refractivity contribution in [3.05, 3.63) is 85.1 Å². The highest BCUT2D eigenvalue weighted by atomic mass is 31.2. The number of unbranched alkanes of at least 4 members (excludes halogenated alkanes) is 48. The molecule has 1 amide bonds. The maximum absolute atomic E-state index is 13.1. The third kappa shape index (κ3) is 74.9. The number of hydrogen-bond donors (Lipinski definition) is 3. The van der Waals surface area contributed by atoms with Gasteiger partial charge in [-0.25, -0.2) is 4.57 Å². The third-order valence-electron chi connectivity index (χ3n) is 17.8. The molecule has 0 aromatic carbocycles. The summed E-state index contributed by atoms with van der Waals surface area (Å²) in [5.41, 5.74) is 0. The SMILES string of the molecule is CC/C=C\C/C=C\C/C=C\C/C=C\CCCCCCCCCCCCCCCCCCCCCCCCCCCCC(=O)NC(COP(=O)(O)OCC[N+](C)(C)C)C(O)/C=C/CC/C=C/CC/C=C/CCCCCCCCCCCCCCCCCCCCCC. The Kier molecular flexibility index (Phi) is 70.1. The van der Waals surface area contributed by atoms with Crippen LogP contribution in [0.2, 0.25) is 0 Å². The Morgan fingerprint density at radius 3 is 1.01 bits per heavy atom. The van der Waals surface area contributed by atoms with E-state index in [9.17, 15) is 19.4 Å². The van der Waals surface area contributed by atoms with E-state index < -0.39 is 20.0 Å². The minimum Gasteiger partial charge on any atom is -0.387 e. The number of amides is 1. The smallest absolute Gasteiger partial charge is 0.387 e. The van der Waals surface area contributed by atoms with Crippen molar-refractivity contribution >= 4 is 13.7 Å². The number of likely N-dealkylation sites (N-methyl/N-ethyl adjacent to an activating group) is 1. The van der Waals surface area contributed by atoms with E-state index in [2.05, 4.69) is 92.1 Å². The van der Waals surface area contributed by atoms with E-state index in [1.54, 1.807) is 6.08 Å². The number of allylic oxidation sites excluding steroid dienone is 13. The highest BCUT2D eigenvalue weighted by molar-refractivity contribution is 7.47. The maximum Gasteiger partial charge on any atom is 0.472 e. The minimum atomic E-state index is -4.37. The molecule has 0 rings (SSSR count). The highest BCUT2D eigenvalue weighted by Gasteiger charge is 2.28. The number of nitrogens with one attached hydrogen (secondary N) is 1. The number of aliphatic hydroxyl groups excluding tert-OH is 1. The van der Waals surface area contributed by atoms with Crippen LogP contribution in [0.3, 0.4) is 0 Å². The van der Waals surface area contributed by atoms with Crippen molar-refractivity contribution in [3.8, 4) is 0 Å². The van der Waals surface area contributed by atoms with Crippen LogP contribution in [0, 0.1) is 0 Å². The Hall–Kier alpha value is -2.32. The number of carbonyl (C=O) groups excluding carboxylic acids is 1. The summed E-state index contributed by atoms with van der Waals surface area (Å²) in [7, 11) is 1.56. The average Bonchev–Trinajstić information content (AvgIpc) is 3.58. The predicted octanol–water partition coefficient (Wildman–Crippen LogP) is 25.8. The van der Waals surface area contributed by atoms with E-state index in [0.29, 0.717) is 17.4 Å². The second-order valence-corrected chi connectivity index (χ2v) is 29.5. The van der Waals surface area contributed by atoms with Crippen molar-refractivity contribution in [1.82, 2.24) is 5.32 Å². The lowest BCUT2D eigenvalue weighted by Gasteiger charge is -2.25. The maximum atomic E-state index is 13.1. The number of aliphatic hydroxyl groups is 1. The van der Waals surface area contributed by atoms with Gasteiger partial charge in [0, 0.05) is 6.42 Å². The van der Waals surface area contributed by atoms with Gasteiger partial charge in [-0.2, -0.15) is 0 Å². The van der Waals surface area contributed by atoms with E-state index >= 15 is 0 Å². The largest absolute Gasteiger partial charge is 0.472 e. The topological polar surface area (TPSA) is 105 Å². The Labute approximate surface area is 567 Å². The zero-order valence-corrected chi connectivity index (χ0v) is 62.0. The van der Waals surface area contributed by atoms with Crippen molar-refractivity contribution in [3.63, 3.8) is 0 Å². The molecule has 9 heteroatoms. The van der Waals surface area contributed by atoms with Crippen LogP contribution in [0.5, 0.6) is 0 Å². The van der Waals surface area contributed by atoms with Crippen LogP contribution in [-0.4, -0.2) is 73.4 Å². The fourth-order valence-electron chi connectivity index (χ4n) is 11.8. The van der Waals surface area contributed by atoms with Gasteiger partial charge in [-0.1, -0.05) is 375 Å². The molecule has 0 heterocycles. The summed E-state index contributed by atoms with van der Waals surface area (Å²) in [5, 5.41) is 14.0. The first kappa shape index (κ1) is 88.7. The molecule has 0 radical (unpaired) electrons. The molecule has 3 unspecified atom stereocenters. The first-order valence-corrected chi connectivity index (χ1v) is 41.0. The van der Waals surface area contributed by atoms with Crippen molar-refractivity contribution < 1.29 is 32.9 Å². The molecule has 0 aliphatic heterocycles. The van der Waals surface area contributed by atoms with E-state index in [4.69, 9.17) is 9.05 Å². The Bertz CT molecular complexity index is 1760. The summed E-state index contributed by atoms with van der Waals surface area (Å²) < 4.78 is 23.8. The zero-order valence-electron chi connectivity index (χ0n) is 61.1. The fourth-order valence-corrected chi connectivity index (χ4v) is 12.5. The second kappa shape index (κ2) is 72.0. The third-order valence-corrected chi connectivity index (χ3v) is 18.8. The van der Waals surface area contributed by atoms with Gasteiger partial charge < -0.3 is 19.8 Å². The molecular formula is C82H154N2O6P+. The number of carbonyl (C=O) groups is 1. The molecule has 0 aromatic heterocycles. The summed E-state index contributed by atoms with van der Waals surface area (Å²) in [6, 6.07) is -0.873. The molecule has 91 heavy (non-hydrogen) atoms. The van der Waals surface area contributed by atoms with Crippen LogP contribution in [0.25, 0.3) is 0 Å². The molecular weight excluding hydrogens is 1140 g/mol. The number of phosphoric ester groups is 1. The normalized spacial score (nSPS) is 14.0. The summed E-state index contributed by atoms with van der Waals surface area (Å²) in [5.74, 6) is -0.185. The van der Waals surface area contributed by atoms with Crippen molar-refractivity contribution in [2.45, 2.75) is 392 Å². The van der Waals surface area contributed by atoms with Crippen molar-refractivity contribution in [2.75, 3.05) is 40.9 Å². The fraction of sp³-hybridized carbons (Fsp3) is 0.817. The van der Waals surface area contributed by atoms with Gasteiger partial charge in [0.2, 0.25) is 5.91 Å². The van der Waals surface area contributed by atoms with Gasteiger partial charge in [0.1, 0.15) is 13.2 Å². The molecule has 0 saturated heterocycles. The number of hydrogen-bond acceptors (Lipinski definition) is 5. The summed E-state index contributed by atoms with van der Waals surface area (Å²) in [6.45, 7) is 4.72. The van der Waals surface area contributed by atoms with Crippen LogP contribution >= 0.6 is 7.82 Å². The first-order valence-electron chi connectivity index (χ1n) is 39.5. The van der Waals surface area contributed by atoms with Gasteiger partial charge in [0.25, 0.3) is 0 Å². The summed E-state index contributed by atoms with van der Waals surface area (Å²) in [6.07, 6.45) is 104. The van der Waals surface area contributed by atoms with E-state index in [0.717, 1.165) is 70.6 Å². The molecule has 3 atom stereocenters. The van der Waals surface area contributed by atoms with Crippen molar-refractivity contribution in [1.29, 1.82) is 0 Å². The molecule has 0 aliphatic rings. The quantitative estimate of drug-likeness (QED) is 0.0243. The van der Waals surface area contributed by atoms with Gasteiger partial charge in [0.15, 0.2) is 0 Å². The Balaban J connectivity index is 4.00. The number of rotatable bonds is 73. The van der Waals surface area contributed by atoms with Crippen LogP contribution < -0.4 is 5.32 Å². The number of quaternary nitrogens is 1. The molecule has 0 aliphatic carbocycles. The lowest BCUT2D eigenvalue weighted by atomic mass is 10.0. The number of phosphoric acid groups is 1. The minimum absolute atomic E-state index is 0.0533. The van der Waals surface area contributed by atoms with Gasteiger partial charge in [0.05, 0.1) is 39.9 Å². The lowest BCUT2D eigenvalue weighted by Crippen LogP contribution is -2.45. The molecule has 0 bridgehead atoms. The Morgan fingerprint density at radius 1 is 0.385 bits per heavy atom. The molecule has 0 aromatic rings. The summed E-state index contributed by atoms with van der Waals surface area (Å²) >= 11 is 0. The first-order chi connectivity index (χ1) is 44.5. The molecule has 0 fully saturated rings. The van der Waals surface area contributed by atoms with E-state index in [1.165, 1.54) is 289 Å². The monoisotopic (exact) mass is 1290 g/mol. The Morgan fingerprint density at radius 2 is 0.670 bits per heavy atom. The van der Waals surface area contributed by atoms with Gasteiger partial charge in [-0.05, 0) is 83.5 Å². The molecule has 3 N–H and O–H groups in total. The van der Waals surface area contributed by atoms with Crippen LogP contribution in [-0.2, 0) is 18.4 Å². The standard InChI is InChI=1S/C82H153N2O6P/c1-6-8-10-12-14-16-18-20-22-24-26-28-30-32-34-36-38-39-40-41-42-43-44-45-46-48-50-52-54-56-58-60-62-64-66-68-70-72-74-76-82(86)83-80(79-90-91(87,88)89-78-77-84(3,4)5)81(85)75-73-71-69-67-65-63-61-59-57-55-53-51-49-47-37-35-33-31-29-27-25-23-21-19-17-15-13-11-9-7-2/h8,10,14,16,20,22,26,28,57,59,65,67,73,75,80-81,85H,6-7,9,11-13,15,17-19,21,23-25,27,29-56,58,60-64,66,68-72,74,76-79H2,1-5H3,(H-,83,86,87,88)/p+1/b10-8-,16-14-,22-20-,28-26-,59-57+,67-65+,75-73+. The van der Waals surface area contributed by atoms with Crippen LogP contribution in [0.1, 0.15) is 380 Å². The van der Waals surface area contributed by atoms with Crippen molar-refractivity contribution in [2.24, 2.45) is 0 Å². The lowest BCUT2D eigenvalue weighted by molar-refractivity contribution is -0.870.